The van der Waals surface area contributed by atoms with Crippen molar-refractivity contribution < 1.29 is 4.79 Å². The van der Waals surface area contributed by atoms with E-state index in [4.69, 9.17) is 11.6 Å². The Kier molecular flexibility index (Phi) is 5.63. The van der Waals surface area contributed by atoms with E-state index < -0.39 is 0 Å². The standard InChI is InChI=1S/C22H20ClN5O2/c1-15-6-8-17(9-7-15)28-21-18(13-26-28)22(30)27(14-25-21)11-10-20(29)24-12-16-4-2-3-5-19(16)23/h2-9,13-14H,10-12H2,1H3,(H,24,29). The minimum Gasteiger partial charge on any atom is -0.352 e. The maximum atomic E-state index is 12.8. The van der Waals surface area contributed by atoms with E-state index in [0.29, 0.717) is 22.6 Å². The molecule has 0 bridgehead atoms. The van der Waals surface area contributed by atoms with E-state index in [2.05, 4.69) is 15.4 Å². The van der Waals surface area contributed by atoms with Crippen LogP contribution in [0.2, 0.25) is 5.02 Å². The van der Waals surface area contributed by atoms with Gasteiger partial charge in [0.2, 0.25) is 5.91 Å². The monoisotopic (exact) mass is 421 g/mol. The van der Waals surface area contributed by atoms with E-state index in [1.54, 1.807) is 10.7 Å². The third-order valence-corrected chi connectivity index (χ3v) is 5.22. The number of halogens is 1. The molecule has 4 aromatic rings. The first-order valence-corrected chi connectivity index (χ1v) is 9.91. The largest absolute Gasteiger partial charge is 0.352 e. The number of fused-ring (bicyclic) bond motifs is 1. The Morgan fingerprint density at radius 1 is 1.13 bits per heavy atom. The van der Waals surface area contributed by atoms with Crippen molar-refractivity contribution in [3.05, 3.63) is 87.6 Å². The molecule has 8 heteroatoms. The number of aryl methyl sites for hydroxylation is 2. The molecular formula is C22H20ClN5O2. The lowest BCUT2D eigenvalue weighted by atomic mass is 10.2. The highest BCUT2D eigenvalue weighted by Gasteiger charge is 2.12. The number of nitrogens with one attached hydrogen (secondary N) is 1. The van der Waals surface area contributed by atoms with Crippen molar-refractivity contribution in [2.75, 3.05) is 0 Å². The zero-order valence-corrected chi connectivity index (χ0v) is 17.1. The Morgan fingerprint density at radius 3 is 2.67 bits per heavy atom. The molecule has 0 saturated heterocycles. The van der Waals surface area contributed by atoms with E-state index in [1.807, 2.05) is 49.4 Å². The van der Waals surface area contributed by atoms with Crippen LogP contribution in [0.15, 0.2) is 65.8 Å². The molecule has 1 amide bonds. The Balaban J connectivity index is 1.45. The number of hydrogen-bond acceptors (Lipinski definition) is 4. The van der Waals surface area contributed by atoms with Crippen molar-refractivity contribution in [1.29, 1.82) is 0 Å². The summed E-state index contributed by atoms with van der Waals surface area (Å²) >= 11 is 6.10. The van der Waals surface area contributed by atoms with Gasteiger partial charge in [-0.2, -0.15) is 5.10 Å². The van der Waals surface area contributed by atoms with Gasteiger partial charge >= 0.3 is 0 Å². The topological polar surface area (TPSA) is 81.8 Å². The zero-order valence-electron chi connectivity index (χ0n) is 16.4. The molecule has 2 heterocycles. The van der Waals surface area contributed by atoms with Gasteiger partial charge in [-0.15, -0.1) is 0 Å². The maximum absolute atomic E-state index is 12.8. The van der Waals surface area contributed by atoms with Gasteiger partial charge in [0, 0.05) is 24.5 Å². The first kappa shape index (κ1) is 19.8. The van der Waals surface area contributed by atoms with Gasteiger partial charge in [-0.3, -0.25) is 14.2 Å². The number of aromatic nitrogens is 4. The average Bonchev–Trinajstić information content (AvgIpc) is 3.18. The molecule has 2 aromatic carbocycles. The Bertz CT molecular complexity index is 1260. The summed E-state index contributed by atoms with van der Waals surface area (Å²) in [6.07, 6.45) is 3.13. The second-order valence-corrected chi connectivity index (χ2v) is 7.40. The highest BCUT2D eigenvalue weighted by molar-refractivity contribution is 6.31. The fraction of sp³-hybridized carbons (Fsp3) is 0.182. The molecule has 0 fully saturated rings. The summed E-state index contributed by atoms with van der Waals surface area (Å²) in [4.78, 5) is 29.4. The maximum Gasteiger partial charge on any atom is 0.264 e. The van der Waals surface area contributed by atoms with Gasteiger partial charge in [-0.1, -0.05) is 47.5 Å². The zero-order chi connectivity index (χ0) is 21.1. The third kappa shape index (κ3) is 4.11. The number of carbonyl (C=O) groups excluding carboxylic acids is 1. The van der Waals surface area contributed by atoms with E-state index in [9.17, 15) is 9.59 Å². The van der Waals surface area contributed by atoms with Crippen molar-refractivity contribution >= 4 is 28.5 Å². The SMILES string of the molecule is Cc1ccc(-n2ncc3c(=O)n(CCC(=O)NCc4ccccc4Cl)cnc32)cc1. The first-order chi connectivity index (χ1) is 14.5. The Hall–Kier alpha value is -3.45. The van der Waals surface area contributed by atoms with Crippen molar-refractivity contribution in [3.8, 4) is 5.69 Å². The smallest absolute Gasteiger partial charge is 0.264 e. The Morgan fingerprint density at radius 2 is 1.90 bits per heavy atom. The average molecular weight is 422 g/mol. The molecule has 0 saturated carbocycles. The summed E-state index contributed by atoms with van der Waals surface area (Å²) in [6.45, 7) is 2.58. The Labute approximate surface area is 177 Å². The second kappa shape index (κ2) is 8.51. The van der Waals surface area contributed by atoms with E-state index >= 15 is 0 Å². The molecule has 7 nitrogen and oxygen atoms in total. The summed E-state index contributed by atoms with van der Waals surface area (Å²) in [7, 11) is 0. The number of hydrogen-bond donors (Lipinski definition) is 1. The number of nitrogens with zero attached hydrogens (tertiary/aromatic N) is 4. The number of rotatable bonds is 6. The van der Waals surface area contributed by atoms with E-state index in [0.717, 1.165) is 16.8 Å². The van der Waals surface area contributed by atoms with Crippen molar-refractivity contribution in [3.63, 3.8) is 0 Å². The third-order valence-electron chi connectivity index (χ3n) is 4.85. The van der Waals surface area contributed by atoms with Gasteiger partial charge in [-0.05, 0) is 30.7 Å². The molecule has 0 aliphatic carbocycles. The summed E-state index contributed by atoms with van der Waals surface area (Å²) in [5.41, 5.74) is 3.08. The fourth-order valence-corrected chi connectivity index (χ4v) is 3.33. The van der Waals surface area contributed by atoms with Crippen LogP contribution in [0.4, 0.5) is 0 Å². The van der Waals surface area contributed by atoms with Crippen LogP contribution >= 0.6 is 11.6 Å². The lowest BCUT2D eigenvalue weighted by Crippen LogP contribution is -2.27. The molecule has 0 atom stereocenters. The molecule has 0 aliphatic heterocycles. The van der Waals surface area contributed by atoms with Crippen LogP contribution in [0.3, 0.4) is 0 Å². The lowest BCUT2D eigenvalue weighted by Gasteiger charge is -2.08. The lowest BCUT2D eigenvalue weighted by molar-refractivity contribution is -0.121. The quantitative estimate of drug-likeness (QED) is 0.518. The van der Waals surface area contributed by atoms with Gasteiger partial charge in [0.15, 0.2) is 5.65 Å². The molecule has 152 valence electrons. The predicted octanol–water partition coefficient (Wildman–Crippen LogP) is 3.25. The minimum atomic E-state index is -0.225. The fourth-order valence-electron chi connectivity index (χ4n) is 3.13. The highest BCUT2D eigenvalue weighted by atomic mass is 35.5. The molecule has 0 radical (unpaired) electrons. The van der Waals surface area contributed by atoms with Gasteiger partial charge in [0.05, 0.1) is 18.2 Å². The van der Waals surface area contributed by atoms with E-state index in [1.165, 1.54) is 17.1 Å². The van der Waals surface area contributed by atoms with Crippen molar-refractivity contribution in [2.24, 2.45) is 0 Å². The number of benzene rings is 2. The first-order valence-electron chi connectivity index (χ1n) is 9.53. The summed E-state index contributed by atoms with van der Waals surface area (Å²) in [5, 5.41) is 8.15. The van der Waals surface area contributed by atoms with Gasteiger partial charge in [0.25, 0.3) is 5.56 Å². The van der Waals surface area contributed by atoms with Crippen LogP contribution in [0.1, 0.15) is 17.5 Å². The molecular weight excluding hydrogens is 402 g/mol. The summed E-state index contributed by atoms with van der Waals surface area (Å²) < 4.78 is 3.06. The van der Waals surface area contributed by atoms with Crippen LogP contribution < -0.4 is 10.9 Å². The van der Waals surface area contributed by atoms with E-state index in [-0.39, 0.29) is 24.4 Å². The molecule has 0 spiro atoms. The molecule has 2 aromatic heterocycles. The van der Waals surface area contributed by atoms with Gasteiger partial charge in [-0.25, -0.2) is 9.67 Å². The number of amides is 1. The number of carbonyl (C=O) groups is 1. The second-order valence-electron chi connectivity index (χ2n) is 6.99. The van der Waals surface area contributed by atoms with Crippen molar-refractivity contribution in [1.82, 2.24) is 24.6 Å². The van der Waals surface area contributed by atoms with Gasteiger partial charge in [0.1, 0.15) is 5.39 Å². The molecule has 1 N–H and O–H groups in total. The van der Waals surface area contributed by atoms with Crippen LogP contribution in [0, 0.1) is 6.92 Å². The molecule has 4 rings (SSSR count). The molecule has 0 aliphatic rings. The van der Waals surface area contributed by atoms with Crippen molar-refractivity contribution in [2.45, 2.75) is 26.4 Å². The van der Waals surface area contributed by atoms with Crippen LogP contribution in [-0.4, -0.2) is 25.2 Å². The summed E-state index contributed by atoms with van der Waals surface area (Å²) in [5.74, 6) is -0.169. The molecule has 30 heavy (non-hydrogen) atoms. The molecule has 0 unspecified atom stereocenters. The summed E-state index contributed by atoms with van der Waals surface area (Å²) in [6, 6.07) is 15.2. The predicted molar refractivity (Wildman–Crippen MR) is 116 cm³/mol. The minimum absolute atomic E-state index is 0.156. The van der Waals surface area contributed by atoms with Crippen LogP contribution in [0.25, 0.3) is 16.7 Å². The van der Waals surface area contributed by atoms with Gasteiger partial charge < -0.3 is 5.32 Å². The normalized spacial score (nSPS) is 11.0. The highest BCUT2D eigenvalue weighted by Crippen LogP contribution is 2.15. The van der Waals surface area contributed by atoms with Crippen LogP contribution in [-0.2, 0) is 17.9 Å². The van der Waals surface area contributed by atoms with Crippen LogP contribution in [0.5, 0.6) is 0 Å².